The van der Waals surface area contributed by atoms with Gasteiger partial charge >= 0.3 is 0 Å². The van der Waals surface area contributed by atoms with Crippen LogP contribution in [0.2, 0.25) is 5.02 Å². The van der Waals surface area contributed by atoms with Crippen LogP contribution in [0, 0.1) is 6.92 Å². The lowest BCUT2D eigenvalue weighted by molar-refractivity contribution is 1.28. The molecule has 0 aliphatic rings. The van der Waals surface area contributed by atoms with Crippen molar-refractivity contribution in [2.24, 2.45) is 5.10 Å². The molecule has 0 radical (unpaired) electrons. The average molecular weight is 409 g/mol. The van der Waals surface area contributed by atoms with Gasteiger partial charge in [-0.3, -0.25) is 5.43 Å². The molecule has 1 heterocycles. The van der Waals surface area contributed by atoms with Gasteiger partial charge in [-0.15, -0.1) is 28.3 Å². The molecular formula is C17H15BrClN3S. The van der Waals surface area contributed by atoms with E-state index in [4.69, 9.17) is 11.6 Å². The van der Waals surface area contributed by atoms with Crippen LogP contribution in [-0.2, 0) is 0 Å². The Balaban J connectivity index is 0.00000192. The van der Waals surface area contributed by atoms with Crippen molar-refractivity contribution in [2.75, 3.05) is 5.43 Å². The number of hydrogen-bond donors (Lipinski definition) is 1. The second-order valence-electron chi connectivity index (χ2n) is 4.71. The van der Waals surface area contributed by atoms with Crippen LogP contribution in [0.3, 0.4) is 0 Å². The molecule has 2 aromatic carbocycles. The van der Waals surface area contributed by atoms with E-state index < -0.39 is 0 Å². The standard InChI is InChI=1S/C17H14ClN3S.BrH/c1-12-16(14-7-9-15(18)10-8-14)20-17(22-12)21-19-11-13-5-3-2-4-6-13;/h2-11H,1H3,(H,20,21);1H. The highest BCUT2D eigenvalue weighted by molar-refractivity contribution is 8.93. The SMILES string of the molecule is Br.Cc1sc(NN=Cc2ccccc2)nc1-c1ccc(Cl)cc1. The number of thiazole rings is 1. The van der Waals surface area contributed by atoms with E-state index in [0.29, 0.717) is 0 Å². The maximum absolute atomic E-state index is 5.92. The molecule has 0 amide bonds. The van der Waals surface area contributed by atoms with Crippen molar-refractivity contribution in [1.29, 1.82) is 0 Å². The zero-order chi connectivity index (χ0) is 15.4. The molecular weight excluding hydrogens is 394 g/mol. The van der Waals surface area contributed by atoms with E-state index in [1.807, 2.05) is 61.5 Å². The fourth-order valence-corrected chi connectivity index (χ4v) is 2.93. The summed E-state index contributed by atoms with van der Waals surface area (Å²) in [5.41, 5.74) is 6.04. The first-order valence-corrected chi connectivity index (χ1v) is 7.99. The van der Waals surface area contributed by atoms with E-state index in [-0.39, 0.29) is 17.0 Å². The predicted octanol–water partition coefficient (Wildman–Crippen LogP) is 5.80. The summed E-state index contributed by atoms with van der Waals surface area (Å²) in [5.74, 6) is 0. The molecule has 1 aromatic heterocycles. The van der Waals surface area contributed by atoms with Crippen molar-refractivity contribution >= 4 is 51.3 Å². The molecule has 0 saturated carbocycles. The first kappa shape index (κ1) is 17.7. The van der Waals surface area contributed by atoms with Crippen LogP contribution in [0.15, 0.2) is 59.7 Å². The highest BCUT2D eigenvalue weighted by Gasteiger charge is 2.09. The number of aromatic nitrogens is 1. The molecule has 23 heavy (non-hydrogen) atoms. The van der Waals surface area contributed by atoms with Crippen LogP contribution < -0.4 is 5.43 Å². The van der Waals surface area contributed by atoms with E-state index in [0.717, 1.165) is 31.9 Å². The molecule has 3 aromatic rings. The summed E-state index contributed by atoms with van der Waals surface area (Å²) in [4.78, 5) is 5.73. The number of hydrogen-bond acceptors (Lipinski definition) is 4. The number of nitrogens with zero attached hydrogens (tertiary/aromatic N) is 2. The Morgan fingerprint density at radius 1 is 1.09 bits per heavy atom. The minimum atomic E-state index is 0. The van der Waals surface area contributed by atoms with E-state index >= 15 is 0 Å². The summed E-state index contributed by atoms with van der Waals surface area (Å²) in [6.45, 7) is 2.05. The summed E-state index contributed by atoms with van der Waals surface area (Å²) < 4.78 is 0. The van der Waals surface area contributed by atoms with E-state index in [9.17, 15) is 0 Å². The molecule has 1 N–H and O–H groups in total. The summed E-state index contributed by atoms with van der Waals surface area (Å²) in [6, 6.07) is 17.6. The van der Waals surface area contributed by atoms with Crippen molar-refractivity contribution in [3.8, 4) is 11.3 Å². The summed E-state index contributed by atoms with van der Waals surface area (Å²) in [5, 5.41) is 5.72. The van der Waals surface area contributed by atoms with Gasteiger partial charge in [0.15, 0.2) is 0 Å². The third-order valence-electron chi connectivity index (χ3n) is 3.09. The Kier molecular flexibility index (Phi) is 6.33. The molecule has 0 bridgehead atoms. The molecule has 0 aliphatic heterocycles. The Bertz CT molecular complexity index is 785. The van der Waals surface area contributed by atoms with Gasteiger partial charge < -0.3 is 0 Å². The van der Waals surface area contributed by atoms with Crippen molar-refractivity contribution in [3.05, 3.63) is 70.1 Å². The lowest BCUT2D eigenvalue weighted by Gasteiger charge is -1.98. The van der Waals surface area contributed by atoms with Gasteiger partial charge in [-0.2, -0.15) is 5.10 Å². The van der Waals surface area contributed by atoms with Gasteiger partial charge in [0.1, 0.15) is 0 Å². The average Bonchev–Trinajstić information content (AvgIpc) is 2.90. The molecule has 118 valence electrons. The molecule has 0 saturated heterocycles. The monoisotopic (exact) mass is 407 g/mol. The molecule has 0 spiro atoms. The van der Waals surface area contributed by atoms with Gasteiger partial charge in [0.05, 0.1) is 11.9 Å². The van der Waals surface area contributed by atoms with Crippen LogP contribution in [-0.4, -0.2) is 11.2 Å². The van der Waals surface area contributed by atoms with Gasteiger partial charge in [-0.05, 0) is 24.6 Å². The lowest BCUT2D eigenvalue weighted by Crippen LogP contribution is -1.89. The van der Waals surface area contributed by atoms with E-state index in [1.165, 1.54) is 0 Å². The van der Waals surface area contributed by atoms with Crippen LogP contribution in [0.25, 0.3) is 11.3 Å². The number of rotatable bonds is 4. The largest absolute Gasteiger partial charge is 0.253 e. The van der Waals surface area contributed by atoms with Gasteiger partial charge in [-0.1, -0.05) is 54.1 Å². The molecule has 0 aliphatic carbocycles. The summed E-state index contributed by atoms with van der Waals surface area (Å²) >= 11 is 7.50. The summed E-state index contributed by atoms with van der Waals surface area (Å²) in [7, 11) is 0. The number of aryl methyl sites for hydroxylation is 1. The van der Waals surface area contributed by atoms with Gasteiger partial charge in [-0.25, -0.2) is 4.98 Å². The van der Waals surface area contributed by atoms with Gasteiger partial charge in [0, 0.05) is 15.5 Å². The van der Waals surface area contributed by atoms with Crippen molar-refractivity contribution in [1.82, 2.24) is 4.98 Å². The van der Waals surface area contributed by atoms with Crippen LogP contribution in [0.1, 0.15) is 10.4 Å². The molecule has 0 atom stereocenters. The molecule has 3 nitrogen and oxygen atoms in total. The third kappa shape index (κ3) is 4.64. The van der Waals surface area contributed by atoms with Crippen molar-refractivity contribution in [3.63, 3.8) is 0 Å². The number of halogens is 2. The Hall–Kier alpha value is -1.69. The molecule has 6 heteroatoms. The fourth-order valence-electron chi connectivity index (χ4n) is 2.02. The van der Waals surface area contributed by atoms with Crippen molar-refractivity contribution in [2.45, 2.75) is 6.92 Å². The van der Waals surface area contributed by atoms with Crippen molar-refractivity contribution < 1.29 is 0 Å². The number of hydrazone groups is 1. The molecule has 0 unspecified atom stereocenters. The zero-order valence-electron chi connectivity index (χ0n) is 12.4. The van der Waals surface area contributed by atoms with Gasteiger partial charge in [0.25, 0.3) is 0 Å². The Morgan fingerprint density at radius 2 is 1.78 bits per heavy atom. The number of anilines is 1. The predicted molar refractivity (Wildman–Crippen MR) is 105 cm³/mol. The number of benzene rings is 2. The van der Waals surface area contributed by atoms with Crippen LogP contribution >= 0.6 is 39.9 Å². The minimum Gasteiger partial charge on any atom is -0.253 e. The minimum absolute atomic E-state index is 0. The normalized spacial score (nSPS) is 10.5. The Labute approximate surface area is 154 Å². The second kappa shape index (κ2) is 8.24. The quantitative estimate of drug-likeness (QED) is 0.438. The topological polar surface area (TPSA) is 37.3 Å². The van der Waals surface area contributed by atoms with Crippen LogP contribution in [0.4, 0.5) is 5.13 Å². The fraction of sp³-hybridized carbons (Fsp3) is 0.0588. The first-order chi connectivity index (χ1) is 10.7. The second-order valence-corrected chi connectivity index (χ2v) is 6.35. The number of nitrogens with one attached hydrogen (secondary N) is 1. The first-order valence-electron chi connectivity index (χ1n) is 6.80. The molecule has 3 rings (SSSR count). The molecule has 0 fully saturated rings. The van der Waals surface area contributed by atoms with E-state index in [2.05, 4.69) is 15.5 Å². The van der Waals surface area contributed by atoms with Gasteiger partial charge in [0.2, 0.25) is 5.13 Å². The zero-order valence-corrected chi connectivity index (χ0v) is 15.6. The van der Waals surface area contributed by atoms with E-state index in [1.54, 1.807) is 17.6 Å². The summed E-state index contributed by atoms with van der Waals surface area (Å²) in [6.07, 6.45) is 1.78. The maximum Gasteiger partial charge on any atom is 0.204 e. The third-order valence-corrected chi connectivity index (χ3v) is 4.22. The highest BCUT2D eigenvalue weighted by atomic mass is 79.9. The lowest BCUT2D eigenvalue weighted by atomic mass is 10.1. The highest BCUT2D eigenvalue weighted by Crippen LogP contribution is 2.30. The smallest absolute Gasteiger partial charge is 0.204 e. The maximum atomic E-state index is 5.92. The van der Waals surface area contributed by atoms with Crippen LogP contribution in [0.5, 0.6) is 0 Å². The Morgan fingerprint density at radius 3 is 2.48 bits per heavy atom.